The number of hydrogen-bond donors (Lipinski definition) is 2. The molecule has 1 aromatic heterocycles. The van der Waals surface area contributed by atoms with Crippen LogP contribution in [0.5, 0.6) is 0 Å². The fraction of sp³-hybridized carbons (Fsp3) is 0.0667. The van der Waals surface area contributed by atoms with Crippen LogP contribution in [-0.2, 0) is 0 Å². The Morgan fingerprint density at radius 3 is 2.86 bits per heavy atom. The number of halogens is 2. The lowest BCUT2D eigenvalue weighted by Crippen LogP contribution is -2.12. The van der Waals surface area contributed by atoms with E-state index in [0.717, 1.165) is 6.07 Å². The maximum absolute atomic E-state index is 13.2. The van der Waals surface area contributed by atoms with Gasteiger partial charge in [-0.05, 0) is 24.3 Å². The first-order chi connectivity index (χ1) is 10.1. The summed E-state index contributed by atoms with van der Waals surface area (Å²) in [7, 11) is 0. The summed E-state index contributed by atoms with van der Waals surface area (Å²) in [6, 6.07) is 5.36. The van der Waals surface area contributed by atoms with Crippen LogP contribution < -0.4 is 11.1 Å². The van der Waals surface area contributed by atoms with E-state index in [1.165, 1.54) is 24.5 Å². The number of pyridine rings is 1. The number of benzene rings is 1. The van der Waals surface area contributed by atoms with Crippen molar-refractivity contribution >= 4 is 23.2 Å². The predicted molar refractivity (Wildman–Crippen MR) is 79.5 cm³/mol. The molecule has 4 nitrogen and oxygen atoms in total. The summed E-state index contributed by atoms with van der Waals surface area (Å²) in [5.41, 5.74) is 6.43. The van der Waals surface area contributed by atoms with E-state index in [1.54, 1.807) is 6.07 Å². The van der Waals surface area contributed by atoms with Gasteiger partial charge in [-0.25, -0.2) is 4.39 Å². The molecule has 0 spiro atoms. The molecule has 2 aromatic rings. The third-order valence-electron chi connectivity index (χ3n) is 2.46. The van der Waals surface area contributed by atoms with Gasteiger partial charge in [0.2, 0.25) is 0 Å². The van der Waals surface area contributed by atoms with Gasteiger partial charge in [0, 0.05) is 28.7 Å². The first-order valence-corrected chi connectivity index (χ1v) is 6.38. The summed E-state index contributed by atoms with van der Waals surface area (Å²) < 4.78 is 13.2. The topological polar surface area (TPSA) is 68.0 Å². The predicted octanol–water partition coefficient (Wildman–Crippen LogP) is 2.44. The summed E-state index contributed by atoms with van der Waals surface area (Å²) >= 11 is 5.73. The number of rotatable bonds is 2. The Hall–Kier alpha value is -2.42. The zero-order chi connectivity index (χ0) is 15.2. The quantitative estimate of drug-likeness (QED) is 0.837. The number of aromatic nitrogens is 1. The van der Waals surface area contributed by atoms with Crippen LogP contribution in [0.3, 0.4) is 0 Å². The summed E-state index contributed by atoms with van der Waals surface area (Å²) in [4.78, 5) is 16.0. The van der Waals surface area contributed by atoms with E-state index in [4.69, 9.17) is 17.3 Å². The van der Waals surface area contributed by atoms with Gasteiger partial charge in [0.25, 0.3) is 5.91 Å². The van der Waals surface area contributed by atoms with Crippen LogP contribution in [0.2, 0.25) is 5.02 Å². The fourth-order valence-corrected chi connectivity index (χ4v) is 1.84. The zero-order valence-corrected chi connectivity index (χ0v) is 11.6. The van der Waals surface area contributed by atoms with Crippen molar-refractivity contribution in [2.45, 2.75) is 0 Å². The maximum Gasteiger partial charge on any atom is 0.257 e. The molecular formula is C15H11ClFN3O. The van der Waals surface area contributed by atoms with Crippen molar-refractivity contribution in [3.63, 3.8) is 0 Å². The second-order valence-corrected chi connectivity index (χ2v) is 4.52. The maximum atomic E-state index is 13.2. The van der Waals surface area contributed by atoms with Crippen molar-refractivity contribution in [3.8, 4) is 11.8 Å². The molecule has 6 heteroatoms. The van der Waals surface area contributed by atoms with Crippen molar-refractivity contribution in [1.29, 1.82) is 0 Å². The summed E-state index contributed by atoms with van der Waals surface area (Å²) in [5.74, 6) is 4.50. The summed E-state index contributed by atoms with van der Waals surface area (Å²) in [6.07, 6.45) is 2.92. The minimum absolute atomic E-state index is 0.200. The molecule has 0 saturated carbocycles. The van der Waals surface area contributed by atoms with E-state index in [-0.39, 0.29) is 17.3 Å². The van der Waals surface area contributed by atoms with Crippen molar-refractivity contribution in [1.82, 2.24) is 4.98 Å². The highest BCUT2D eigenvalue weighted by Crippen LogP contribution is 2.18. The molecule has 0 fully saturated rings. The minimum atomic E-state index is -0.529. The van der Waals surface area contributed by atoms with Crippen LogP contribution in [0.25, 0.3) is 0 Å². The monoisotopic (exact) mass is 303 g/mol. The molecule has 0 saturated heterocycles. The Balaban J connectivity index is 2.20. The highest BCUT2D eigenvalue weighted by molar-refractivity contribution is 6.31. The number of amides is 1. The summed E-state index contributed by atoms with van der Waals surface area (Å²) in [5, 5.41) is 2.75. The van der Waals surface area contributed by atoms with E-state index in [9.17, 15) is 9.18 Å². The second-order valence-electron chi connectivity index (χ2n) is 4.08. The van der Waals surface area contributed by atoms with Crippen LogP contribution in [0, 0.1) is 17.7 Å². The lowest BCUT2D eigenvalue weighted by molar-refractivity contribution is 0.102. The molecule has 0 aliphatic heterocycles. The number of nitrogens with one attached hydrogen (secondary N) is 1. The van der Waals surface area contributed by atoms with Gasteiger partial charge in [-0.2, -0.15) is 0 Å². The lowest BCUT2D eigenvalue weighted by atomic mass is 10.2. The van der Waals surface area contributed by atoms with Crippen molar-refractivity contribution < 1.29 is 9.18 Å². The number of nitrogens with zero attached hydrogens (tertiary/aromatic N) is 1. The lowest BCUT2D eigenvalue weighted by Gasteiger charge is -2.06. The Labute approximate surface area is 126 Å². The van der Waals surface area contributed by atoms with Gasteiger partial charge in [0.05, 0.1) is 12.1 Å². The molecule has 0 atom stereocenters. The molecule has 2 rings (SSSR count). The van der Waals surface area contributed by atoms with Gasteiger partial charge in [-0.15, -0.1) is 0 Å². The third-order valence-corrected chi connectivity index (χ3v) is 2.67. The Kier molecular flexibility index (Phi) is 4.88. The van der Waals surface area contributed by atoms with Gasteiger partial charge in [0.15, 0.2) is 0 Å². The molecule has 0 radical (unpaired) electrons. The number of carbonyl (C=O) groups excluding carboxylic acids is 1. The zero-order valence-electron chi connectivity index (χ0n) is 10.9. The number of hydrogen-bond acceptors (Lipinski definition) is 3. The van der Waals surface area contributed by atoms with E-state index in [2.05, 4.69) is 22.1 Å². The van der Waals surface area contributed by atoms with Crippen molar-refractivity contribution in [3.05, 3.63) is 58.6 Å². The van der Waals surface area contributed by atoms with Gasteiger partial charge in [-0.1, -0.05) is 23.4 Å². The molecule has 1 amide bonds. The van der Waals surface area contributed by atoms with Crippen molar-refractivity contribution in [2.24, 2.45) is 5.73 Å². The molecule has 0 unspecified atom stereocenters. The molecule has 0 aliphatic carbocycles. The standard InChI is InChI=1S/C15H11ClFN3O/c16-12-5-13(17)7-14(6-12)20-15(21)11-4-10(2-1-3-18)8-19-9-11/h4-9H,3,18H2,(H,20,21). The van der Waals surface area contributed by atoms with E-state index in [1.807, 2.05) is 0 Å². The fourth-order valence-electron chi connectivity index (χ4n) is 1.61. The first-order valence-electron chi connectivity index (χ1n) is 6.00. The molecule has 1 heterocycles. The second kappa shape index (κ2) is 6.84. The van der Waals surface area contributed by atoms with Crippen LogP contribution in [0.1, 0.15) is 15.9 Å². The molecule has 0 aliphatic rings. The van der Waals surface area contributed by atoms with Gasteiger partial charge in [-0.3, -0.25) is 9.78 Å². The van der Waals surface area contributed by atoms with Gasteiger partial charge >= 0.3 is 0 Å². The normalized spacial score (nSPS) is 9.67. The Morgan fingerprint density at radius 2 is 2.14 bits per heavy atom. The molecule has 3 N–H and O–H groups in total. The van der Waals surface area contributed by atoms with Crippen LogP contribution >= 0.6 is 11.6 Å². The number of carbonyl (C=O) groups is 1. The Bertz CT molecular complexity index is 717. The molecular weight excluding hydrogens is 293 g/mol. The largest absolute Gasteiger partial charge is 0.322 e. The smallest absolute Gasteiger partial charge is 0.257 e. The first kappa shape index (κ1) is 15.0. The molecule has 21 heavy (non-hydrogen) atoms. The molecule has 1 aromatic carbocycles. The minimum Gasteiger partial charge on any atom is -0.322 e. The average molecular weight is 304 g/mol. The van der Waals surface area contributed by atoms with Crippen molar-refractivity contribution in [2.75, 3.05) is 11.9 Å². The Morgan fingerprint density at radius 1 is 1.33 bits per heavy atom. The molecule has 106 valence electrons. The van der Waals surface area contributed by atoms with Gasteiger partial charge < -0.3 is 11.1 Å². The van der Waals surface area contributed by atoms with E-state index >= 15 is 0 Å². The van der Waals surface area contributed by atoms with E-state index in [0.29, 0.717) is 11.1 Å². The number of nitrogens with two attached hydrogens (primary N) is 1. The van der Waals surface area contributed by atoms with Gasteiger partial charge in [0.1, 0.15) is 5.82 Å². The third kappa shape index (κ3) is 4.28. The van der Waals surface area contributed by atoms with Crippen LogP contribution in [0.15, 0.2) is 36.7 Å². The SMILES string of the molecule is NCC#Cc1cncc(C(=O)Nc2cc(F)cc(Cl)c2)c1. The van der Waals surface area contributed by atoms with E-state index < -0.39 is 11.7 Å². The highest BCUT2D eigenvalue weighted by atomic mass is 35.5. The average Bonchev–Trinajstić information content (AvgIpc) is 2.44. The number of anilines is 1. The van der Waals surface area contributed by atoms with Crippen LogP contribution in [0.4, 0.5) is 10.1 Å². The van der Waals surface area contributed by atoms with Crippen LogP contribution in [-0.4, -0.2) is 17.4 Å². The summed E-state index contributed by atoms with van der Waals surface area (Å²) in [6.45, 7) is 0.220. The highest BCUT2D eigenvalue weighted by Gasteiger charge is 2.08. The molecule has 0 bridgehead atoms.